The number of benzene rings is 1. The van der Waals surface area contributed by atoms with Gasteiger partial charge >= 0.3 is 11.4 Å². The SMILES string of the molecule is COc1cc(C)c2[nH]c(=O)oc(=O)c2c1C(C)C. The lowest BCUT2D eigenvalue weighted by atomic mass is 9.96. The molecule has 0 aliphatic rings. The van der Waals surface area contributed by atoms with Crippen LogP contribution in [0.1, 0.15) is 30.9 Å². The van der Waals surface area contributed by atoms with E-state index in [1.54, 1.807) is 7.11 Å². The van der Waals surface area contributed by atoms with E-state index in [0.29, 0.717) is 16.7 Å². The molecule has 0 saturated heterocycles. The molecule has 0 radical (unpaired) electrons. The zero-order valence-electron chi connectivity index (χ0n) is 10.8. The topological polar surface area (TPSA) is 72.3 Å². The first kappa shape index (κ1) is 12.4. The minimum absolute atomic E-state index is 0.0804. The lowest BCUT2D eigenvalue weighted by Gasteiger charge is -2.15. The summed E-state index contributed by atoms with van der Waals surface area (Å²) in [6, 6.07) is 1.81. The molecule has 0 aliphatic carbocycles. The van der Waals surface area contributed by atoms with E-state index in [2.05, 4.69) is 9.40 Å². The molecule has 18 heavy (non-hydrogen) atoms. The van der Waals surface area contributed by atoms with Crippen LogP contribution < -0.4 is 16.1 Å². The summed E-state index contributed by atoms with van der Waals surface area (Å²) in [6.07, 6.45) is 0. The third-order valence-electron chi connectivity index (χ3n) is 2.94. The Hall–Kier alpha value is -2.04. The Morgan fingerprint density at radius 1 is 1.33 bits per heavy atom. The molecule has 5 nitrogen and oxygen atoms in total. The van der Waals surface area contributed by atoms with Crippen LogP contribution in [0.3, 0.4) is 0 Å². The number of fused-ring (bicyclic) bond motifs is 1. The number of H-pyrrole nitrogens is 1. The molecule has 0 fully saturated rings. The van der Waals surface area contributed by atoms with Crippen LogP contribution in [0, 0.1) is 6.92 Å². The maximum Gasteiger partial charge on any atom is 0.419 e. The second kappa shape index (κ2) is 4.33. The van der Waals surface area contributed by atoms with Crippen molar-refractivity contribution < 1.29 is 9.15 Å². The predicted molar refractivity (Wildman–Crippen MR) is 68.5 cm³/mol. The average molecular weight is 249 g/mol. The van der Waals surface area contributed by atoms with E-state index in [0.717, 1.165) is 11.1 Å². The number of ether oxygens (including phenoxy) is 1. The summed E-state index contributed by atoms with van der Waals surface area (Å²) in [4.78, 5) is 25.7. The summed E-state index contributed by atoms with van der Waals surface area (Å²) < 4.78 is 9.92. The maximum absolute atomic E-state index is 11.9. The highest BCUT2D eigenvalue weighted by Gasteiger charge is 2.18. The van der Waals surface area contributed by atoms with Gasteiger partial charge in [-0.2, -0.15) is 0 Å². The van der Waals surface area contributed by atoms with Gasteiger partial charge in [0.25, 0.3) is 0 Å². The molecule has 96 valence electrons. The maximum atomic E-state index is 11.9. The number of aromatic nitrogens is 1. The van der Waals surface area contributed by atoms with Gasteiger partial charge in [-0.25, -0.2) is 9.59 Å². The monoisotopic (exact) mass is 249 g/mol. The summed E-state index contributed by atoms with van der Waals surface area (Å²) in [5, 5.41) is 0.390. The van der Waals surface area contributed by atoms with Crippen molar-refractivity contribution in [2.45, 2.75) is 26.7 Å². The fourth-order valence-corrected chi connectivity index (χ4v) is 2.18. The fourth-order valence-electron chi connectivity index (χ4n) is 2.18. The Morgan fingerprint density at radius 2 is 2.00 bits per heavy atom. The van der Waals surface area contributed by atoms with Crippen molar-refractivity contribution in [1.82, 2.24) is 4.98 Å². The van der Waals surface area contributed by atoms with Crippen LogP contribution in [0.5, 0.6) is 5.75 Å². The smallest absolute Gasteiger partial charge is 0.419 e. The highest BCUT2D eigenvalue weighted by molar-refractivity contribution is 5.86. The zero-order valence-corrected chi connectivity index (χ0v) is 10.8. The molecule has 0 bridgehead atoms. The first-order valence-electron chi connectivity index (χ1n) is 5.70. The number of hydrogen-bond acceptors (Lipinski definition) is 4. The van der Waals surface area contributed by atoms with E-state index in [4.69, 9.17) is 4.74 Å². The molecule has 5 heteroatoms. The van der Waals surface area contributed by atoms with Crippen molar-refractivity contribution in [1.29, 1.82) is 0 Å². The second-order valence-electron chi connectivity index (χ2n) is 4.52. The van der Waals surface area contributed by atoms with Gasteiger partial charge < -0.3 is 9.15 Å². The minimum atomic E-state index is -0.740. The van der Waals surface area contributed by atoms with Crippen LogP contribution in [-0.4, -0.2) is 12.1 Å². The van der Waals surface area contributed by atoms with Gasteiger partial charge in [-0.05, 0) is 24.5 Å². The van der Waals surface area contributed by atoms with Gasteiger partial charge in [-0.15, -0.1) is 0 Å². The molecule has 0 unspecified atom stereocenters. The van der Waals surface area contributed by atoms with E-state index >= 15 is 0 Å². The van der Waals surface area contributed by atoms with Gasteiger partial charge in [0, 0.05) is 5.56 Å². The molecule has 1 N–H and O–H groups in total. The molecule has 1 aromatic carbocycles. The molecule has 0 aliphatic heterocycles. The van der Waals surface area contributed by atoms with Crippen molar-refractivity contribution in [3.05, 3.63) is 38.2 Å². The van der Waals surface area contributed by atoms with Crippen LogP contribution >= 0.6 is 0 Å². The van der Waals surface area contributed by atoms with Gasteiger partial charge in [0.05, 0.1) is 18.0 Å². The molecule has 1 heterocycles. The van der Waals surface area contributed by atoms with E-state index in [-0.39, 0.29) is 5.92 Å². The Morgan fingerprint density at radius 3 is 2.56 bits per heavy atom. The highest BCUT2D eigenvalue weighted by Crippen LogP contribution is 2.33. The molecule has 0 saturated carbocycles. The van der Waals surface area contributed by atoms with Gasteiger partial charge in [0.1, 0.15) is 5.75 Å². The van der Waals surface area contributed by atoms with Gasteiger partial charge in [-0.3, -0.25) is 4.98 Å². The third kappa shape index (κ3) is 1.81. The molecule has 0 spiro atoms. The summed E-state index contributed by atoms with van der Waals surface area (Å²) in [6.45, 7) is 5.72. The van der Waals surface area contributed by atoms with Crippen LogP contribution in [0.2, 0.25) is 0 Å². The average Bonchev–Trinajstić information content (AvgIpc) is 2.29. The van der Waals surface area contributed by atoms with Crippen LogP contribution in [0.15, 0.2) is 20.1 Å². The number of hydrogen-bond donors (Lipinski definition) is 1. The van der Waals surface area contributed by atoms with E-state index in [1.807, 2.05) is 26.8 Å². The summed E-state index contributed by atoms with van der Waals surface area (Å²) in [5.74, 6) is -0.0262. The molecule has 2 rings (SSSR count). The van der Waals surface area contributed by atoms with Crippen LogP contribution in [-0.2, 0) is 0 Å². The first-order chi connectivity index (χ1) is 8.45. The normalized spacial score (nSPS) is 11.2. The number of aromatic amines is 1. The Kier molecular flexibility index (Phi) is 2.98. The van der Waals surface area contributed by atoms with Crippen molar-refractivity contribution in [2.75, 3.05) is 7.11 Å². The highest BCUT2D eigenvalue weighted by atomic mass is 16.5. The molecular formula is C13H15NO4. The van der Waals surface area contributed by atoms with Crippen molar-refractivity contribution in [3.8, 4) is 5.75 Å². The van der Waals surface area contributed by atoms with Crippen molar-refractivity contribution in [3.63, 3.8) is 0 Å². The third-order valence-corrected chi connectivity index (χ3v) is 2.94. The standard InChI is InChI=1S/C13H15NO4/c1-6(2)9-8(17-4)5-7(3)11-10(9)12(15)18-13(16)14-11/h5-6H,1-4H3,(H,14,16). The molecule has 0 atom stereocenters. The molecular weight excluding hydrogens is 234 g/mol. The van der Waals surface area contributed by atoms with Gasteiger partial charge in [0.2, 0.25) is 0 Å². The van der Waals surface area contributed by atoms with Gasteiger partial charge in [-0.1, -0.05) is 13.8 Å². The van der Waals surface area contributed by atoms with E-state index in [1.165, 1.54) is 0 Å². The predicted octanol–water partition coefficient (Wildman–Crippen LogP) is 1.92. The number of methoxy groups -OCH3 is 1. The number of aryl methyl sites for hydroxylation is 1. The van der Waals surface area contributed by atoms with Gasteiger partial charge in [0.15, 0.2) is 0 Å². The summed E-state index contributed by atoms with van der Waals surface area (Å²) >= 11 is 0. The summed E-state index contributed by atoms with van der Waals surface area (Å²) in [5.41, 5.74) is 1.42. The lowest BCUT2D eigenvalue weighted by molar-refractivity contribution is 0.407. The molecule has 1 aromatic heterocycles. The lowest BCUT2D eigenvalue weighted by Crippen LogP contribution is -2.17. The zero-order chi connectivity index (χ0) is 13.4. The first-order valence-corrected chi connectivity index (χ1v) is 5.70. The molecule has 0 amide bonds. The number of rotatable bonds is 2. The largest absolute Gasteiger partial charge is 0.496 e. The Labute approximate surface area is 103 Å². The van der Waals surface area contributed by atoms with Crippen molar-refractivity contribution in [2.24, 2.45) is 0 Å². The van der Waals surface area contributed by atoms with Crippen LogP contribution in [0.4, 0.5) is 0 Å². The fraction of sp³-hybridized carbons (Fsp3) is 0.385. The minimum Gasteiger partial charge on any atom is -0.496 e. The number of nitrogens with one attached hydrogen (secondary N) is 1. The quantitative estimate of drug-likeness (QED) is 0.882. The summed E-state index contributed by atoms with van der Waals surface area (Å²) in [7, 11) is 1.56. The van der Waals surface area contributed by atoms with Crippen molar-refractivity contribution >= 4 is 10.9 Å². The second-order valence-corrected chi connectivity index (χ2v) is 4.52. The van der Waals surface area contributed by atoms with E-state index in [9.17, 15) is 9.59 Å². The molecule has 2 aromatic rings. The van der Waals surface area contributed by atoms with E-state index < -0.39 is 11.4 Å². The van der Waals surface area contributed by atoms with Crippen LogP contribution in [0.25, 0.3) is 10.9 Å². The Bertz CT molecular complexity index is 709. The Balaban J connectivity index is 3.08.